The third-order valence-corrected chi connectivity index (χ3v) is 3.36. The highest BCUT2D eigenvalue weighted by atomic mass is 16.5. The molecule has 1 heterocycles. The predicted molar refractivity (Wildman–Crippen MR) is 66.8 cm³/mol. The molecule has 1 unspecified atom stereocenters. The Morgan fingerprint density at radius 2 is 2.12 bits per heavy atom. The fourth-order valence-corrected chi connectivity index (χ4v) is 2.48. The minimum absolute atomic E-state index is 0.143. The molecule has 1 aliphatic heterocycles. The van der Waals surface area contributed by atoms with E-state index in [0.717, 1.165) is 18.5 Å². The number of hydrogen-bond donors (Lipinski definition) is 1. The zero-order valence-corrected chi connectivity index (χ0v) is 10.2. The van der Waals surface area contributed by atoms with E-state index in [0.29, 0.717) is 0 Å². The molecule has 3 heteroatoms. The Hall–Kier alpha value is -1.35. The number of carbonyl (C=O) groups is 1. The van der Waals surface area contributed by atoms with E-state index in [1.54, 1.807) is 0 Å². The molecule has 17 heavy (non-hydrogen) atoms. The van der Waals surface area contributed by atoms with Crippen molar-refractivity contribution in [2.45, 2.75) is 31.2 Å². The number of esters is 1. The number of benzene rings is 1. The molecular weight excluding hydrogens is 214 g/mol. The van der Waals surface area contributed by atoms with Gasteiger partial charge in [-0.1, -0.05) is 36.8 Å². The smallest absolute Gasteiger partial charge is 0.314 e. The van der Waals surface area contributed by atoms with Crippen LogP contribution >= 0.6 is 0 Å². The molecule has 0 spiro atoms. The first kappa shape index (κ1) is 12.1. The highest BCUT2D eigenvalue weighted by molar-refractivity contribution is 5.79. The standard InChI is InChI=1S/C14H19NO2/c1-17-14(16)13(11-7-3-2-4-8-11)12-9-5-6-10-15-12/h2-4,7-8,12-13,15H,5-6,9-10H2,1H3/t12-,13?/m1/s1. The number of piperidine rings is 1. The molecule has 0 amide bonds. The Morgan fingerprint density at radius 3 is 2.71 bits per heavy atom. The Kier molecular flexibility index (Phi) is 4.15. The Morgan fingerprint density at radius 1 is 1.35 bits per heavy atom. The molecule has 1 N–H and O–H groups in total. The lowest BCUT2D eigenvalue weighted by atomic mass is 9.86. The molecule has 0 bridgehead atoms. The second-order valence-electron chi connectivity index (χ2n) is 4.47. The lowest BCUT2D eigenvalue weighted by Crippen LogP contribution is -2.42. The average Bonchev–Trinajstić information content (AvgIpc) is 2.41. The van der Waals surface area contributed by atoms with E-state index in [9.17, 15) is 4.79 Å². The first-order valence-corrected chi connectivity index (χ1v) is 6.19. The average molecular weight is 233 g/mol. The van der Waals surface area contributed by atoms with E-state index in [2.05, 4.69) is 5.32 Å². The van der Waals surface area contributed by atoms with Gasteiger partial charge in [0.15, 0.2) is 0 Å². The first-order valence-electron chi connectivity index (χ1n) is 6.19. The van der Waals surface area contributed by atoms with Crippen LogP contribution in [0.5, 0.6) is 0 Å². The predicted octanol–water partition coefficient (Wildman–Crippen LogP) is 2.09. The van der Waals surface area contributed by atoms with E-state index in [1.807, 2.05) is 30.3 Å². The minimum Gasteiger partial charge on any atom is -0.469 e. The molecule has 1 aliphatic rings. The first-order chi connectivity index (χ1) is 8.33. The van der Waals surface area contributed by atoms with Gasteiger partial charge in [-0.3, -0.25) is 4.79 Å². The van der Waals surface area contributed by atoms with Crippen LogP contribution in [0.2, 0.25) is 0 Å². The van der Waals surface area contributed by atoms with E-state index in [-0.39, 0.29) is 17.9 Å². The summed E-state index contributed by atoms with van der Waals surface area (Å²) in [6, 6.07) is 10.1. The fraction of sp³-hybridized carbons (Fsp3) is 0.500. The van der Waals surface area contributed by atoms with Crippen LogP contribution in [0.15, 0.2) is 30.3 Å². The van der Waals surface area contributed by atoms with Crippen LogP contribution in [0.3, 0.4) is 0 Å². The molecule has 1 aromatic rings. The van der Waals surface area contributed by atoms with Gasteiger partial charge in [0.05, 0.1) is 13.0 Å². The summed E-state index contributed by atoms with van der Waals surface area (Å²) < 4.78 is 4.94. The number of rotatable bonds is 3. The van der Waals surface area contributed by atoms with Crippen molar-refractivity contribution in [3.05, 3.63) is 35.9 Å². The van der Waals surface area contributed by atoms with Crippen molar-refractivity contribution < 1.29 is 9.53 Å². The van der Waals surface area contributed by atoms with E-state index >= 15 is 0 Å². The van der Waals surface area contributed by atoms with Crippen LogP contribution in [-0.4, -0.2) is 25.7 Å². The van der Waals surface area contributed by atoms with E-state index in [1.165, 1.54) is 20.0 Å². The van der Waals surface area contributed by atoms with Crippen molar-refractivity contribution in [1.82, 2.24) is 5.32 Å². The maximum absolute atomic E-state index is 11.9. The highest BCUT2D eigenvalue weighted by Crippen LogP contribution is 2.26. The number of nitrogens with one attached hydrogen (secondary N) is 1. The van der Waals surface area contributed by atoms with Gasteiger partial charge >= 0.3 is 5.97 Å². The van der Waals surface area contributed by atoms with Gasteiger partial charge in [-0.15, -0.1) is 0 Å². The van der Waals surface area contributed by atoms with Crippen molar-refractivity contribution in [1.29, 1.82) is 0 Å². The molecule has 0 aromatic heterocycles. The minimum atomic E-state index is -0.179. The molecule has 1 fully saturated rings. The summed E-state index contributed by atoms with van der Waals surface area (Å²) >= 11 is 0. The summed E-state index contributed by atoms with van der Waals surface area (Å²) in [4.78, 5) is 11.9. The van der Waals surface area contributed by atoms with Gasteiger partial charge in [0.2, 0.25) is 0 Å². The van der Waals surface area contributed by atoms with Crippen molar-refractivity contribution in [2.24, 2.45) is 0 Å². The summed E-state index contributed by atoms with van der Waals surface area (Å²) in [5.74, 6) is -0.322. The van der Waals surface area contributed by atoms with Gasteiger partial charge in [-0.05, 0) is 24.9 Å². The Balaban J connectivity index is 2.21. The zero-order chi connectivity index (χ0) is 12.1. The Labute approximate surface area is 102 Å². The maximum atomic E-state index is 11.9. The molecule has 0 aliphatic carbocycles. The van der Waals surface area contributed by atoms with E-state index in [4.69, 9.17) is 4.74 Å². The Bertz CT molecular complexity index is 358. The highest BCUT2D eigenvalue weighted by Gasteiger charge is 2.31. The molecule has 0 saturated carbocycles. The van der Waals surface area contributed by atoms with Gasteiger partial charge in [0, 0.05) is 6.04 Å². The lowest BCUT2D eigenvalue weighted by molar-refractivity contribution is -0.143. The van der Waals surface area contributed by atoms with Crippen molar-refractivity contribution in [2.75, 3.05) is 13.7 Å². The van der Waals surface area contributed by atoms with Gasteiger partial charge in [0.1, 0.15) is 0 Å². The molecule has 92 valence electrons. The summed E-state index contributed by atoms with van der Waals surface area (Å²) in [5, 5.41) is 3.43. The summed E-state index contributed by atoms with van der Waals surface area (Å²) in [6.07, 6.45) is 3.41. The third-order valence-electron chi connectivity index (χ3n) is 3.36. The molecule has 1 aromatic carbocycles. The molecular formula is C14H19NO2. The van der Waals surface area contributed by atoms with Crippen LogP contribution in [0.4, 0.5) is 0 Å². The number of ether oxygens (including phenoxy) is 1. The maximum Gasteiger partial charge on any atom is 0.314 e. The summed E-state index contributed by atoms with van der Waals surface area (Å²) in [5.41, 5.74) is 1.04. The molecule has 0 radical (unpaired) electrons. The SMILES string of the molecule is COC(=O)C(c1ccccc1)[C@H]1CCCCN1. The van der Waals surface area contributed by atoms with Crippen LogP contribution in [-0.2, 0) is 9.53 Å². The molecule has 2 rings (SSSR count). The largest absolute Gasteiger partial charge is 0.469 e. The quantitative estimate of drug-likeness (QED) is 0.812. The molecule has 2 atom stereocenters. The number of carbonyl (C=O) groups excluding carboxylic acids is 1. The fourth-order valence-electron chi connectivity index (χ4n) is 2.48. The van der Waals surface area contributed by atoms with Crippen LogP contribution < -0.4 is 5.32 Å². The van der Waals surface area contributed by atoms with Gasteiger partial charge < -0.3 is 10.1 Å². The molecule has 3 nitrogen and oxygen atoms in total. The van der Waals surface area contributed by atoms with Gasteiger partial charge in [-0.2, -0.15) is 0 Å². The summed E-state index contributed by atoms with van der Waals surface area (Å²) in [6.45, 7) is 0.991. The van der Waals surface area contributed by atoms with Gasteiger partial charge in [0.25, 0.3) is 0 Å². The van der Waals surface area contributed by atoms with E-state index < -0.39 is 0 Å². The monoisotopic (exact) mass is 233 g/mol. The number of hydrogen-bond acceptors (Lipinski definition) is 3. The summed E-state index contributed by atoms with van der Waals surface area (Å²) in [7, 11) is 1.46. The van der Waals surface area contributed by atoms with Crippen molar-refractivity contribution >= 4 is 5.97 Å². The van der Waals surface area contributed by atoms with Crippen LogP contribution in [0.25, 0.3) is 0 Å². The van der Waals surface area contributed by atoms with Crippen LogP contribution in [0.1, 0.15) is 30.7 Å². The third kappa shape index (κ3) is 2.86. The van der Waals surface area contributed by atoms with Crippen molar-refractivity contribution in [3.63, 3.8) is 0 Å². The van der Waals surface area contributed by atoms with Gasteiger partial charge in [-0.25, -0.2) is 0 Å². The van der Waals surface area contributed by atoms with Crippen molar-refractivity contribution in [3.8, 4) is 0 Å². The number of methoxy groups -OCH3 is 1. The second-order valence-corrected chi connectivity index (χ2v) is 4.47. The van der Waals surface area contributed by atoms with Crippen LogP contribution in [0, 0.1) is 0 Å². The topological polar surface area (TPSA) is 38.3 Å². The zero-order valence-electron chi connectivity index (χ0n) is 10.2. The lowest BCUT2D eigenvalue weighted by Gasteiger charge is -2.29. The second kappa shape index (κ2) is 5.82. The molecule has 1 saturated heterocycles. The normalized spacial score (nSPS) is 21.8.